The number of hydrogen-bond donors (Lipinski definition) is 4. The highest BCUT2D eigenvalue weighted by molar-refractivity contribution is 7.21. The normalized spacial score (nSPS) is 15.4. The highest BCUT2D eigenvalue weighted by Gasteiger charge is 2.24. The van der Waals surface area contributed by atoms with Gasteiger partial charge in [0.25, 0.3) is 0 Å². The van der Waals surface area contributed by atoms with Gasteiger partial charge in [-0.3, -0.25) is 4.98 Å². The monoisotopic (exact) mass is 480 g/mol. The number of anilines is 2. The molecule has 0 saturated carbocycles. The van der Waals surface area contributed by atoms with Gasteiger partial charge in [0, 0.05) is 37.3 Å². The van der Waals surface area contributed by atoms with E-state index in [9.17, 15) is 15.0 Å². The lowest BCUT2D eigenvalue weighted by atomic mass is 10.0. The highest BCUT2D eigenvalue weighted by Crippen LogP contribution is 2.37. The predicted molar refractivity (Wildman–Crippen MR) is 132 cm³/mol. The third-order valence-corrected chi connectivity index (χ3v) is 7.24. The van der Waals surface area contributed by atoms with Crippen molar-refractivity contribution in [2.45, 2.75) is 44.8 Å². The first-order valence-electron chi connectivity index (χ1n) is 11.4. The summed E-state index contributed by atoms with van der Waals surface area (Å²) in [6.45, 7) is 4.09. The molecule has 1 unspecified atom stereocenters. The number of nitriles is 1. The second-order valence-corrected chi connectivity index (χ2v) is 9.49. The van der Waals surface area contributed by atoms with E-state index in [1.165, 1.54) is 6.20 Å². The van der Waals surface area contributed by atoms with E-state index in [2.05, 4.69) is 28.2 Å². The van der Waals surface area contributed by atoms with Gasteiger partial charge in [-0.25, -0.2) is 9.78 Å². The van der Waals surface area contributed by atoms with Crippen molar-refractivity contribution in [1.29, 1.82) is 5.26 Å². The summed E-state index contributed by atoms with van der Waals surface area (Å²) in [5.41, 5.74) is 8.53. The number of fused-ring (bicyclic) bond motifs is 1. The Morgan fingerprint density at radius 1 is 1.41 bits per heavy atom. The Morgan fingerprint density at radius 2 is 2.18 bits per heavy atom. The number of thiophene rings is 1. The first-order chi connectivity index (χ1) is 16.4. The predicted octanol–water partition coefficient (Wildman–Crippen LogP) is 3.09. The quantitative estimate of drug-likeness (QED) is 0.381. The van der Waals surface area contributed by atoms with Crippen LogP contribution in [0.25, 0.3) is 10.2 Å². The zero-order valence-corrected chi connectivity index (χ0v) is 19.8. The summed E-state index contributed by atoms with van der Waals surface area (Å²) in [5.74, 6) is -0.163. The van der Waals surface area contributed by atoms with Gasteiger partial charge in [0.1, 0.15) is 27.7 Å². The van der Waals surface area contributed by atoms with Crippen LogP contribution in [0.3, 0.4) is 0 Å². The maximum absolute atomic E-state index is 11.6. The molecule has 0 radical (unpaired) electrons. The Bertz CT molecular complexity index is 1210. The molecule has 0 bridgehead atoms. The van der Waals surface area contributed by atoms with Crippen molar-refractivity contribution >= 4 is 39.0 Å². The molecule has 9 nitrogen and oxygen atoms in total. The number of nitrogen functional groups attached to an aromatic ring is 1. The molecule has 1 atom stereocenters. The number of aromatic nitrogens is 2. The molecule has 1 saturated heterocycles. The smallest absolute Gasteiger partial charge is 0.348 e. The van der Waals surface area contributed by atoms with Gasteiger partial charge in [-0.05, 0) is 43.0 Å². The molecule has 5 N–H and O–H groups in total. The van der Waals surface area contributed by atoms with E-state index in [0.717, 1.165) is 66.9 Å². The lowest BCUT2D eigenvalue weighted by molar-refractivity contribution is 0.0703. The fourth-order valence-corrected chi connectivity index (χ4v) is 5.31. The van der Waals surface area contributed by atoms with Crippen LogP contribution in [0.1, 0.15) is 58.8 Å². The summed E-state index contributed by atoms with van der Waals surface area (Å²) in [6.07, 6.45) is 4.25. The fourth-order valence-electron chi connectivity index (χ4n) is 4.34. The van der Waals surface area contributed by atoms with Crippen molar-refractivity contribution in [1.82, 2.24) is 15.3 Å². The number of piperidine rings is 1. The minimum Gasteiger partial charge on any atom is -0.477 e. The molecule has 0 aromatic carbocycles. The summed E-state index contributed by atoms with van der Waals surface area (Å²) in [4.78, 5) is 23.5. The molecule has 3 aromatic heterocycles. The Morgan fingerprint density at radius 3 is 2.79 bits per heavy atom. The Labute approximate surface area is 201 Å². The largest absolute Gasteiger partial charge is 0.477 e. The molecule has 1 aliphatic rings. The number of nitrogens with two attached hydrogens (primary N) is 1. The summed E-state index contributed by atoms with van der Waals surface area (Å²) in [7, 11) is 0. The lowest BCUT2D eigenvalue weighted by Crippen LogP contribution is -2.44. The van der Waals surface area contributed by atoms with Crippen molar-refractivity contribution in [3.8, 4) is 6.07 Å². The fraction of sp³-hybridized carbons (Fsp3) is 0.417. The maximum Gasteiger partial charge on any atom is 0.348 e. The number of carboxylic acid groups (broad SMARTS) is 1. The third-order valence-electron chi connectivity index (χ3n) is 6.16. The number of nitrogens with one attached hydrogen (secondary N) is 1. The molecule has 4 rings (SSSR count). The van der Waals surface area contributed by atoms with Crippen LogP contribution in [0.4, 0.5) is 11.5 Å². The van der Waals surface area contributed by atoms with E-state index >= 15 is 0 Å². The van der Waals surface area contributed by atoms with Crippen molar-refractivity contribution in [2.75, 3.05) is 30.3 Å². The summed E-state index contributed by atoms with van der Waals surface area (Å²) >= 11 is 1.14. The van der Waals surface area contributed by atoms with E-state index in [4.69, 9.17) is 16.0 Å². The first kappa shape index (κ1) is 23.9. The average Bonchev–Trinajstić information content (AvgIpc) is 3.20. The summed E-state index contributed by atoms with van der Waals surface area (Å²) in [6, 6.07) is 7.67. The van der Waals surface area contributed by atoms with E-state index < -0.39 is 12.1 Å². The number of nitrogens with zero attached hydrogens (tertiary/aromatic N) is 4. The van der Waals surface area contributed by atoms with Gasteiger partial charge in [0.05, 0.1) is 16.9 Å². The molecule has 10 heteroatoms. The SMILES string of the molecule is CCCc1cc(N2CCC(NCC(O)c3ccc(C#N)cn3)CC2)nc2sc(C(=O)O)c(N)c12. The summed E-state index contributed by atoms with van der Waals surface area (Å²) in [5, 5.41) is 32.9. The van der Waals surface area contributed by atoms with E-state index in [1.807, 2.05) is 6.07 Å². The third kappa shape index (κ3) is 4.97. The van der Waals surface area contributed by atoms with Crippen LogP contribution in [0.2, 0.25) is 0 Å². The Balaban J connectivity index is 1.40. The first-order valence-corrected chi connectivity index (χ1v) is 12.2. The molecule has 4 heterocycles. The number of pyridine rings is 2. The number of aromatic carboxylic acids is 1. The number of carboxylic acids is 1. The maximum atomic E-state index is 11.6. The number of carbonyl (C=O) groups is 1. The van der Waals surface area contributed by atoms with Gasteiger partial charge in [0.2, 0.25) is 0 Å². The molecule has 0 aliphatic carbocycles. The van der Waals surface area contributed by atoms with Gasteiger partial charge in [-0.1, -0.05) is 13.3 Å². The standard InChI is InChI=1S/C24H28N6O3S/c1-2-3-15-10-19(29-23-20(15)21(26)22(34-23)24(32)33)30-8-6-16(7-9-30)27-13-18(31)17-5-4-14(11-25)12-28-17/h4-5,10,12,16,18,27,31H,2-3,6-9,13,26H2,1H3,(H,32,33). The Kier molecular flexibility index (Phi) is 7.26. The molecule has 0 spiro atoms. The van der Waals surface area contributed by atoms with Crippen molar-refractivity contribution in [2.24, 2.45) is 0 Å². The van der Waals surface area contributed by atoms with Crippen LogP contribution >= 0.6 is 11.3 Å². The van der Waals surface area contributed by atoms with Crippen molar-refractivity contribution in [3.05, 3.63) is 46.1 Å². The molecule has 178 valence electrons. The molecule has 1 aliphatic heterocycles. The molecule has 0 amide bonds. The second-order valence-electron chi connectivity index (χ2n) is 8.49. The van der Waals surface area contributed by atoms with Crippen molar-refractivity contribution < 1.29 is 15.0 Å². The van der Waals surface area contributed by atoms with Gasteiger partial charge in [-0.2, -0.15) is 5.26 Å². The van der Waals surface area contributed by atoms with Gasteiger partial charge in [-0.15, -0.1) is 11.3 Å². The topological polar surface area (TPSA) is 148 Å². The van der Waals surface area contributed by atoms with E-state index in [1.54, 1.807) is 12.1 Å². The number of hydrogen-bond acceptors (Lipinski definition) is 9. The summed E-state index contributed by atoms with van der Waals surface area (Å²) < 4.78 is 0. The minimum atomic E-state index is -1.02. The zero-order chi connectivity index (χ0) is 24.2. The van der Waals surface area contributed by atoms with E-state index in [-0.39, 0.29) is 10.9 Å². The molecular weight excluding hydrogens is 452 g/mol. The van der Waals surface area contributed by atoms with Crippen LogP contribution in [0.15, 0.2) is 24.4 Å². The Hall–Kier alpha value is -3.26. The number of rotatable bonds is 8. The molecule has 3 aromatic rings. The van der Waals surface area contributed by atoms with Gasteiger partial charge >= 0.3 is 5.97 Å². The average molecular weight is 481 g/mol. The van der Waals surface area contributed by atoms with Crippen LogP contribution in [0.5, 0.6) is 0 Å². The highest BCUT2D eigenvalue weighted by atomic mass is 32.1. The minimum absolute atomic E-state index is 0.148. The second kappa shape index (κ2) is 10.3. The number of aliphatic hydroxyl groups excluding tert-OH is 1. The number of aryl methyl sites for hydroxylation is 1. The molecular formula is C24H28N6O3S. The van der Waals surface area contributed by atoms with Crippen LogP contribution in [-0.2, 0) is 6.42 Å². The van der Waals surface area contributed by atoms with Gasteiger partial charge in [0.15, 0.2) is 0 Å². The van der Waals surface area contributed by atoms with Crippen LogP contribution in [-0.4, -0.2) is 51.8 Å². The van der Waals surface area contributed by atoms with Crippen LogP contribution < -0.4 is 16.0 Å². The molecule has 34 heavy (non-hydrogen) atoms. The van der Waals surface area contributed by atoms with E-state index in [0.29, 0.717) is 28.3 Å². The zero-order valence-electron chi connectivity index (χ0n) is 19.0. The molecule has 1 fully saturated rings. The lowest BCUT2D eigenvalue weighted by Gasteiger charge is -2.34. The number of aliphatic hydroxyl groups is 1. The van der Waals surface area contributed by atoms with Crippen LogP contribution in [0, 0.1) is 11.3 Å². The van der Waals surface area contributed by atoms with Gasteiger partial charge < -0.3 is 26.2 Å². The van der Waals surface area contributed by atoms with Crippen molar-refractivity contribution in [3.63, 3.8) is 0 Å².